The lowest BCUT2D eigenvalue weighted by Gasteiger charge is -2.09. The normalized spacial score (nSPS) is 11.0. The van der Waals surface area contributed by atoms with Gasteiger partial charge in [0.2, 0.25) is 10.0 Å². The highest BCUT2D eigenvalue weighted by molar-refractivity contribution is 7.89. The van der Waals surface area contributed by atoms with Crippen molar-refractivity contribution in [1.82, 2.24) is 4.72 Å². The van der Waals surface area contributed by atoms with Crippen molar-refractivity contribution >= 4 is 56.5 Å². The van der Waals surface area contributed by atoms with Gasteiger partial charge in [-0.05, 0) is 24.3 Å². The monoisotopic (exact) mass is 461 g/mol. The molecule has 2 N–H and O–H groups in total. The number of benzene rings is 2. The fraction of sp³-hybridized carbons (Fsp3) is 0.125. The molecule has 0 aromatic heterocycles. The van der Waals surface area contributed by atoms with Crippen LogP contribution in [0.3, 0.4) is 0 Å². The molecule has 0 bridgehead atoms. The molecule has 0 spiro atoms. The summed E-state index contributed by atoms with van der Waals surface area (Å²) >= 11 is 11.5. The maximum Gasteiger partial charge on any atom is 0.321 e. The van der Waals surface area contributed by atoms with Crippen molar-refractivity contribution in [2.75, 3.05) is 18.5 Å². The number of amides is 1. The van der Waals surface area contributed by atoms with Gasteiger partial charge in [0, 0.05) is 6.07 Å². The number of esters is 1. The van der Waals surface area contributed by atoms with Gasteiger partial charge < -0.3 is 10.1 Å². The zero-order valence-electron chi connectivity index (χ0n) is 14.4. The Morgan fingerprint density at radius 2 is 1.79 bits per heavy atom. The first-order valence-electron chi connectivity index (χ1n) is 7.74. The van der Waals surface area contributed by atoms with Crippen molar-refractivity contribution in [3.05, 3.63) is 62.6 Å². The maximum absolute atomic E-state index is 12.1. The van der Waals surface area contributed by atoms with E-state index in [2.05, 4.69) is 10.1 Å². The van der Waals surface area contributed by atoms with E-state index in [1.54, 1.807) is 0 Å². The van der Waals surface area contributed by atoms with E-state index in [1.807, 2.05) is 4.72 Å². The molecule has 0 atom stereocenters. The second-order valence-corrected chi connectivity index (χ2v) is 7.96. The zero-order valence-corrected chi connectivity index (χ0v) is 16.8. The Kier molecular flexibility index (Phi) is 7.51. The van der Waals surface area contributed by atoms with Crippen LogP contribution in [0.5, 0.6) is 0 Å². The summed E-state index contributed by atoms with van der Waals surface area (Å²) in [6.45, 7) is -1.51. The third-order valence-corrected chi connectivity index (χ3v) is 5.48. The summed E-state index contributed by atoms with van der Waals surface area (Å²) in [5.74, 6) is -1.87. The highest BCUT2D eigenvalue weighted by Crippen LogP contribution is 2.25. The number of nitro benzene ring substituents is 1. The number of ether oxygens (including phenoxy) is 1. The summed E-state index contributed by atoms with van der Waals surface area (Å²) in [7, 11) is -4.07. The molecule has 0 heterocycles. The number of anilines is 1. The van der Waals surface area contributed by atoms with Crippen LogP contribution in [0.4, 0.5) is 11.4 Å². The van der Waals surface area contributed by atoms with Gasteiger partial charge >= 0.3 is 5.97 Å². The number of hydrogen-bond donors (Lipinski definition) is 2. The Hall–Kier alpha value is -2.73. The molecule has 2 aromatic carbocycles. The predicted molar refractivity (Wildman–Crippen MR) is 104 cm³/mol. The van der Waals surface area contributed by atoms with E-state index < -0.39 is 40.0 Å². The molecule has 154 valence electrons. The van der Waals surface area contributed by atoms with Crippen molar-refractivity contribution in [1.29, 1.82) is 0 Å². The van der Waals surface area contributed by atoms with Crippen LogP contribution < -0.4 is 10.0 Å². The number of rotatable bonds is 8. The number of nitrogens with zero attached hydrogens (tertiary/aromatic N) is 1. The first-order valence-corrected chi connectivity index (χ1v) is 9.97. The quantitative estimate of drug-likeness (QED) is 0.348. The Morgan fingerprint density at radius 1 is 1.10 bits per heavy atom. The van der Waals surface area contributed by atoms with Crippen LogP contribution in [-0.2, 0) is 24.3 Å². The summed E-state index contributed by atoms with van der Waals surface area (Å²) in [4.78, 5) is 33.5. The number of nitro groups is 1. The largest absolute Gasteiger partial charge is 0.455 e. The Bertz CT molecular complexity index is 1060. The van der Waals surface area contributed by atoms with Gasteiger partial charge in [-0.25, -0.2) is 8.42 Å². The van der Waals surface area contributed by atoms with Gasteiger partial charge in [0.15, 0.2) is 6.61 Å². The van der Waals surface area contributed by atoms with Gasteiger partial charge in [-0.3, -0.25) is 19.7 Å². The van der Waals surface area contributed by atoms with Crippen LogP contribution in [0.25, 0.3) is 0 Å². The molecule has 0 aliphatic heterocycles. The smallest absolute Gasteiger partial charge is 0.321 e. The van der Waals surface area contributed by atoms with Crippen molar-refractivity contribution in [2.45, 2.75) is 4.90 Å². The molecule has 0 saturated carbocycles. The summed E-state index contributed by atoms with van der Waals surface area (Å²) in [5, 5.41) is 13.3. The van der Waals surface area contributed by atoms with Gasteiger partial charge in [-0.2, -0.15) is 4.72 Å². The van der Waals surface area contributed by atoms with Crippen molar-refractivity contribution in [2.24, 2.45) is 0 Å². The highest BCUT2D eigenvalue weighted by atomic mass is 35.5. The van der Waals surface area contributed by atoms with Crippen LogP contribution >= 0.6 is 23.2 Å². The van der Waals surface area contributed by atoms with Crippen molar-refractivity contribution < 1.29 is 27.7 Å². The molecule has 0 saturated heterocycles. The van der Waals surface area contributed by atoms with Gasteiger partial charge in [0.25, 0.3) is 11.6 Å². The summed E-state index contributed by atoms with van der Waals surface area (Å²) in [5.41, 5.74) is -0.402. The van der Waals surface area contributed by atoms with Crippen LogP contribution in [0.1, 0.15) is 0 Å². The second kappa shape index (κ2) is 9.65. The topological polar surface area (TPSA) is 145 Å². The third kappa shape index (κ3) is 6.39. The van der Waals surface area contributed by atoms with Gasteiger partial charge in [0.05, 0.1) is 19.9 Å². The van der Waals surface area contributed by atoms with Crippen molar-refractivity contribution in [3.63, 3.8) is 0 Å². The molecular formula is C16H13Cl2N3O7S. The Balaban J connectivity index is 1.87. The van der Waals surface area contributed by atoms with E-state index >= 15 is 0 Å². The fourth-order valence-electron chi connectivity index (χ4n) is 2.00. The minimum atomic E-state index is -4.07. The lowest BCUT2D eigenvalue weighted by molar-refractivity contribution is -0.383. The van der Waals surface area contributed by atoms with E-state index in [0.717, 1.165) is 6.07 Å². The Labute approximate surface area is 175 Å². The molecule has 13 heteroatoms. The van der Waals surface area contributed by atoms with E-state index in [1.165, 1.54) is 36.4 Å². The second-order valence-electron chi connectivity index (χ2n) is 5.38. The lowest BCUT2D eigenvalue weighted by atomic mass is 10.2. The van der Waals surface area contributed by atoms with Gasteiger partial charge in [-0.15, -0.1) is 0 Å². The minimum absolute atomic E-state index is 0.0174. The fourth-order valence-corrected chi connectivity index (χ4v) is 3.36. The van der Waals surface area contributed by atoms with Gasteiger partial charge in [0.1, 0.15) is 12.2 Å². The summed E-state index contributed by atoms with van der Waals surface area (Å²) in [6, 6.07) is 8.99. The molecule has 0 fully saturated rings. The lowest BCUT2D eigenvalue weighted by Crippen LogP contribution is -2.32. The molecule has 2 rings (SSSR count). The average molecular weight is 462 g/mol. The van der Waals surface area contributed by atoms with E-state index in [9.17, 15) is 28.1 Å². The molecular weight excluding hydrogens is 449 g/mol. The number of halogens is 2. The third-order valence-electron chi connectivity index (χ3n) is 3.35. The molecule has 2 aromatic rings. The first kappa shape index (κ1) is 22.6. The molecule has 0 aliphatic rings. The number of carbonyl (C=O) groups is 2. The van der Waals surface area contributed by atoms with Crippen LogP contribution in [0.15, 0.2) is 47.4 Å². The number of hydrogen-bond acceptors (Lipinski definition) is 7. The number of para-hydroxylation sites is 2. The molecule has 1 amide bonds. The molecule has 0 unspecified atom stereocenters. The summed E-state index contributed by atoms with van der Waals surface area (Å²) in [6.07, 6.45) is 0. The van der Waals surface area contributed by atoms with Crippen LogP contribution in [0, 0.1) is 10.1 Å². The standard InChI is InChI=1S/C16H13Cl2N3O7S/c17-11-6-5-10(7-12(11)18)29(26,27)19-8-16(23)28-9-15(22)20-13-3-1-2-4-14(13)21(24)25/h1-7,19H,8-9H2,(H,20,22). The van der Waals surface area contributed by atoms with Crippen LogP contribution in [-0.4, -0.2) is 38.4 Å². The number of nitrogens with one attached hydrogen (secondary N) is 2. The zero-order chi connectivity index (χ0) is 21.6. The van der Waals surface area contributed by atoms with Crippen LogP contribution in [0.2, 0.25) is 10.0 Å². The molecule has 10 nitrogen and oxygen atoms in total. The Morgan fingerprint density at radius 3 is 2.45 bits per heavy atom. The SMILES string of the molecule is O=C(COC(=O)CNS(=O)(=O)c1ccc(Cl)c(Cl)c1)Nc1ccccc1[N+](=O)[O-]. The minimum Gasteiger partial charge on any atom is -0.455 e. The highest BCUT2D eigenvalue weighted by Gasteiger charge is 2.19. The first-order chi connectivity index (χ1) is 13.6. The molecule has 0 aliphatic carbocycles. The maximum atomic E-state index is 12.1. The van der Waals surface area contributed by atoms with E-state index in [0.29, 0.717) is 0 Å². The van der Waals surface area contributed by atoms with E-state index in [4.69, 9.17) is 23.2 Å². The van der Waals surface area contributed by atoms with E-state index in [-0.39, 0.29) is 26.3 Å². The van der Waals surface area contributed by atoms with Crippen molar-refractivity contribution in [3.8, 4) is 0 Å². The average Bonchev–Trinajstić information content (AvgIpc) is 2.67. The predicted octanol–water partition coefficient (Wildman–Crippen LogP) is 2.36. The number of sulfonamides is 1. The van der Waals surface area contributed by atoms with Gasteiger partial charge in [-0.1, -0.05) is 35.3 Å². The number of carbonyl (C=O) groups excluding carboxylic acids is 2. The molecule has 29 heavy (non-hydrogen) atoms. The molecule has 0 radical (unpaired) electrons. The summed E-state index contributed by atoms with van der Waals surface area (Å²) < 4.78 is 30.9.